The molecule has 88 valence electrons. The van der Waals surface area contributed by atoms with Gasteiger partial charge >= 0.3 is 0 Å². The first-order valence-electron chi connectivity index (χ1n) is 5.94. The summed E-state index contributed by atoms with van der Waals surface area (Å²) in [5.41, 5.74) is 1.27. The molecule has 2 aliphatic heterocycles. The van der Waals surface area contributed by atoms with E-state index in [1.54, 1.807) is 0 Å². The van der Waals surface area contributed by atoms with Crippen LogP contribution < -0.4 is 0 Å². The van der Waals surface area contributed by atoms with Gasteiger partial charge in [-0.05, 0) is 23.8 Å². The van der Waals surface area contributed by atoms with Crippen molar-refractivity contribution < 1.29 is 0 Å². The number of nitrogens with zero attached hydrogens (tertiary/aromatic N) is 2. The number of hydrogen-bond acceptors (Lipinski definition) is 2. The van der Waals surface area contributed by atoms with Crippen LogP contribution in [0.15, 0.2) is 48.3 Å². The molecule has 0 unspecified atom stereocenters. The van der Waals surface area contributed by atoms with Gasteiger partial charge in [0, 0.05) is 31.2 Å². The second-order valence-electron chi connectivity index (χ2n) is 4.45. The second-order valence-corrected chi connectivity index (χ2v) is 4.89. The predicted octanol–water partition coefficient (Wildman–Crippen LogP) is 2.87. The standard InChI is InChI=1S/C14H15ClN2/c15-13-5-3-4-12(10-13)11-17-9-8-16-7-2-1-6-14(16)17/h1-6,10H,7-9,11H2. The van der Waals surface area contributed by atoms with Gasteiger partial charge in [-0.1, -0.05) is 35.9 Å². The fourth-order valence-electron chi connectivity index (χ4n) is 2.42. The largest absolute Gasteiger partial charge is 0.353 e. The van der Waals surface area contributed by atoms with Gasteiger partial charge < -0.3 is 9.80 Å². The van der Waals surface area contributed by atoms with Crippen molar-refractivity contribution in [2.45, 2.75) is 6.54 Å². The van der Waals surface area contributed by atoms with Crippen LogP contribution >= 0.6 is 11.6 Å². The van der Waals surface area contributed by atoms with Crippen molar-refractivity contribution in [3.05, 3.63) is 58.9 Å². The minimum absolute atomic E-state index is 0.816. The third-order valence-corrected chi connectivity index (χ3v) is 3.49. The van der Waals surface area contributed by atoms with E-state index in [2.05, 4.69) is 34.1 Å². The molecule has 0 aliphatic carbocycles. The van der Waals surface area contributed by atoms with Crippen LogP contribution in [-0.4, -0.2) is 29.4 Å². The van der Waals surface area contributed by atoms with E-state index in [0.29, 0.717) is 0 Å². The maximum atomic E-state index is 6.01. The molecule has 0 bridgehead atoms. The lowest BCUT2D eigenvalue weighted by Crippen LogP contribution is -2.24. The summed E-state index contributed by atoms with van der Waals surface area (Å²) in [6.45, 7) is 4.20. The first-order valence-corrected chi connectivity index (χ1v) is 6.32. The highest BCUT2D eigenvalue weighted by atomic mass is 35.5. The summed E-state index contributed by atoms with van der Waals surface area (Å²) in [6.07, 6.45) is 6.54. The van der Waals surface area contributed by atoms with Gasteiger partial charge in [0.15, 0.2) is 0 Å². The third-order valence-electron chi connectivity index (χ3n) is 3.26. The minimum Gasteiger partial charge on any atom is -0.353 e. The molecule has 0 radical (unpaired) electrons. The molecule has 3 heteroatoms. The SMILES string of the molecule is Clc1cccc(CN2CCN3CC=CC=C32)c1. The minimum atomic E-state index is 0.816. The van der Waals surface area contributed by atoms with E-state index in [1.165, 1.54) is 11.4 Å². The normalized spacial score (nSPS) is 18.3. The Kier molecular flexibility index (Phi) is 2.81. The highest BCUT2D eigenvalue weighted by Gasteiger charge is 2.24. The van der Waals surface area contributed by atoms with Crippen LogP contribution in [0.4, 0.5) is 0 Å². The Hall–Kier alpha value is -1.41. The molecule has 3 rings (SSSR count). The van der Waals surface area contributed by atoms with Crippen molar-refractivity contribution in [3.63, 3.8) is 0 Å². The van der Waals surface area contributed by atoms with E-state index in [4.69, 9.17) is 11.6 Å². The lowest BCUT2D eigenvalue weighted by atomic mass is 10.2. The van der Waals surface area contributed by atoms with Crippen molar-refractivity contribution in [1.29, 1.82) is 0 Å². The summed E-state index contributed by atoms with van der Waals surface area (Å²) in [6, 6.07) is 8.11. The van der Waals surface area contributed by atoms with Gasteiger partial charge in [-0.15, -0.1) is 0 Å². The Morgan fingerprint density at radius 1 is 1.24 bits per heavy atom. The van der Waals surface area contributed by atoms with E-state index >= 15 is 0 Å². The molecule has 1 saturated heterocycles. The van der Waals surface area contributed by atoms with Crippen LogP contribution in [0.5, 0.6) is 0 Å². The molecule has 1 aromatic carbocycles. The monoisotopic (exact) mass is 246 g/mol. The molecule has 1 fully saturated rings. The first kappa shape index (κ1) is 10.7. The van der Waals surface area contributed by atoms with Crippen LogP contribution in [0, 0.1) is 0 Å². The highest BCUT2D eigenvalue weighted by Crippen LogP contribution is 2.23. The zero-order valence-corrected chi connectivity index (χ0v) is 10.4. The van der Waals surface area contributed by atoms with E-state index in [-0.39, 0.29) is 0 Å². The van der Waals surface area contributed by atoms with Crippen molar-refractivity contribution in [3.8, 4) is 0 Å². The van der Waals surface area contributed by atoms with Crippen LogP contribution in [0.25, 0.3) is 0 Å². The Bertz CT molecular complexity index is 479. The zero-order chi connectivity index (χ0) is 11.7. The van der Waals surface area contributed by atoms with Gasteiger partial charge in [-0.3, -0.25) is 0 Å². The summed E-state index contributed by atoms with van der Waals surface area (Å²) >= 11 is 6.01. The molecule has 0 atom stereocenters. The average Bonchev–Trinajstić information content (AvgIpc) is 2.73. The van der Waals surface area contributed by atoms with E-state index in [9.17, 15) is 0 Å². The van der Waals surface area contributed by atoms with E-state index in [1.807, 2.05) is 18.2 Å². The number of fused-ring (bicyclic) bond motifs is 1. The summed E-state index contributed by atoms with van der Waals surface area (Å²) < 4.78 is 0. The van der Waals surface area contributed by atoms with E-state index < -0.39 is 0 Å². The number of allylic oxidation sites excluding steroid dienone is 2. The Balaban J connectivity index is 1.78. The fraction of sp³-hybridized carbons (Fsp3) is 0.286. The lowest BCUT2D eigenvalue weighted by molar-refractivity contribution is 0.344. The van der Waals surface area contributed by atoms with Gasteiger partial charge in [0.25, 0.3) is 0 Å². The maximum absolute atomic E-state index is 6.01. The van der Waals surface area contributed by atoms with Crippen molar-refractivity contribution >= 4 is 11.6 Å². The van der Waals surface area contributed by atoms with Crippen molar-refractivity contribution in [2.24, 2.45) is 0 Å². The maximum Gasteiger partial charge on any atom is 0.105 e. The molecular weight excluding hydrogens is 232 g/mol. The van der Waals surface area contributed by atoms with Gasteiger partial charge in [-0.25, -0.2) is 0 Å². The van der Waals surface area contributed by atoms with Crippen molar-refractivity contribution in [1.82, 2.24) is 9.80 Å². The Morgan fingerprint density at radius 3 is 3.06 bits per heavy atom. The first-order chi connectivity index (χ1) is 8.33. The summed E-state index contributed by atoms with van der Waals surface area (Å²) in [5, 5.41) is 0.816. The summed E-state index contributed by atoms with van der Waals surface area (Å²) in [5.74, 6) is 1.34. The van der Waals surface area contributed by atoms with Crippen LogP contribution in [-0.2, 0) is 6.54 Å². The lowest BCUT2D eigenvalue weighted by Gasteiger charge is -2.25. The van der Waals surface area contributed by atoms with Crippen LogP contribution in [0.1, 0.15) is 5.56 Å². The number of rotatable bonds is 2. The molecule has 2 nitrogen and oxygen atoms in total. The molecule has 0 amide bonds. The average molecular weight is 247 g/mol. The predicted molar refractivity (Wildman–Crippen MR) is 70.7 cm³/mol. The molecular formula is C14H15ClN2. The fourth-order valence-corrected chi connectivity index (χ4v) is 2.64. The topological polar surface area (TPSA) is 6.48 Å². The second kappa shape index (κ2) is 4.46. The quantitative estimate of drug-likeness (QED) is 0.792. The van der Waals surface area contributed by atoms with Crippen molar-refractivity contribution in [2.75, 3.05) is 19.6 Å². The molecule has 2 heterocycles. The zero-order valence-electron chi connectivity index (χ0n) is 9.64. The van der Waals surface area contributed by atoms with Crippen LogP contribution in [0.3, 0.4) is 0 Å². The molecule has 2 aliphatic rings. The summed E-state index contributed by atoms with van der Waals surface area (Å²) in [7, 11) is 0. The molecule has 0 aromatic heterocycles. The van der Waals surface area contributed by atoms with Gasteiger partial charge in [0.05, 0.1) is 0 Å². The third kappa shape index (κ3) is 2.18. The molecule has 0 spiro atoms. The van der Waals surface area contributed by atoms with Gasteiger partial charge in [0.1, 0.15) is 5.82 Å². The van der Waals surface area contributed by atoms with Gasteiger partial charge in [0.2, 0.25) is 0 Å². The molecule has 17 heavy (non-hydrogen) atoms. The van der Waals surface area contributed by atoms with E-state index in [0.717, 1.165) is 31.2 Å². The smallest absolute Gasteiger partial charge is 0.105 e. The number of hydrogen-bond donors (Lipinski definition) is 0. The van der Waals surface area contributed by atoms with Gasteiger partial charge in [-0.2, -0.15) is 0 Å². The summed E-state index contributed by atoms with van der Waals surface area (Å²) in [4.78, 5) is 4.82. The molecule has 0 saturated carbocycles. The highest BCUT2D eigenvalue weighted by molar-refractivity contribution is 6.30. The number of halogens is 1. The van der Waals surface area contributed by atoms with Crippen LogP contribution in [0.2, 0.25) is 5.02 Å². The number of benzene rings is 1. The molecule has 0 N–H and O–H groups in total. The Labute approximate surface area is 107 Å². The Morgan fingerprint density at radius 2 is 2.18 bits per heavy atom. The molecule has 1 aromatic rings.